The van der Waals surface area contributed by atoms with E-state index in [1.54, 1.807) is 4.90 Å². The van der Waals surface area contributed by atoms with Crippen LogP contribution in [0.4, 0.5) is 4.79 Å². The van der Waals surface area contributed by atoms with E-state index in [2.05, 4.69) is 13.8 Å². The van der Waals surface area contributed by atoms with Crippen LogP contribution in [0.5, 0.6) is 0 Å². The summed E-state index contributed by atoms with van der Waals surface area (Å²) < 4.78 is 5.40. The molecule has 1 heterocycles. The van der Waals surface area contributed by atoms with Crippen LogP contribution < -0.4 is 0 Å². The molecule has 1 aliphatic rings. The van der Waals surface area contributed by atoms with Crippen LogP contribution in [0, 0.1) is 0 Å². The minimum Gasteiger partial charge on any atom is -0.444 e. The predicted molar refractivity (Wildman–Crippen MR) is 80.7 cm³/mol. The lowest BCUT2D eigenvalue weighted by Crippen LogP contribution is -2.46. The summed E-state index contributed by atoms with van der Waals surface area (Å²) in [5.74, 6) is 0. The SMILES string of the molecule is CCCC1=C(CCC)C(O)CN(C(=O)OC(C)(C)C)C1. The van der Waals surface area contributed by atoms with Crippen molar-refractivity contribution in [3.8, 4) is 0 Å². The van der Waals surface area contributed by atoms with Gasteiger partial charge in [-0.3, -0.25) is 0 Å². The number of hydrogen-bond acceptors (Lipinski definition) is 3. The van der Waals surface area contributed by atoms with Gasteiger partial charge in [0.25, 0.3) is 0 Å². The highest BCUT2D eigenvalue weighted by Crippen LogP contribution is 2.26. The van der Waals surface area contributed by atoms with Crippen molar-refractivity contribution >= 4 is 6.09 Å². The Labute approximate surface area is 122 Å². The Bertz CT molecular complexity index is 368. The van der Waals surface area contributed by atoms with E-state index in [0.29, 0.717) is 13.1 Å². The van der Waals surface area contributed by atoms with Crippen LogP contribution in [0.2, 0.25) is 0 Å². The molecule has 1 N–H and O–H groups in total. The molecule has 4 heteroatoms. The number of ether oxygens (including phenoxy) is 1. The van der Waals surface area contributed by atoms with Gasteiger partial charge >= 0.3 is 6.09 Å². The average Bonchev–Trinajstić information content (AvgIpc) is 2.31. The first kappa shape index (κ1) is 17.0. The molecule has 4 nitrogen and oxygen atoms in total. The largest absolute Gasteiger partial charge is 0.444 e. The molecule has 0 radical (unpaired) electrons. The summed E-state index contributed by atoms with van der Waals surface area (Å²) in [7, 11) is 0. The molecule has 20 heavy (non-hydrogen) atoms. The predicted octanol–water partition coefficient (Wildman–Crippen LogP) is 3.49. The average molecular weight is 283 g/mol. The van der Waals surface area contributed by atoms with Crippen LogP contribution in [-0.4, -0.2) is 40.9 Å². The molecule has 1 unspecified atom stereocenters. The van der Waals surface area contributed by atoms with Crippen molar-refractivity contribution in [3.63, 3.8) is 0 Å². The van der Waals surface area contributed by atoms with E-state index in [0.717, 1.165) is 31.3 Å². The molecule has 1 rings (SSSR count). The van der Waals surface area contributed by atoms with Gasteiger partial charge < -0.3 is 14.7 Å². The van der Waals surface area contributed by atoms with Gasteiger partial charge in [-0.1, -0.05) is 26.7 Å². The lowest BCUT2D eigenvalue weighted by atomic mass is 9.91. The molecule has 1 atom stereocenters. The van der Waals surface area contributed by atoms with Gasteiger partial charge in [-0.15, -0.1) is 0 Å². The topological polar surface area (TPSA) is 49.8 Å². The summed E-state index contributed by atoms with van der Waals surface area (Å²) in [5, 5.41) is 10.3. The van der Waals surface area contributed by atoms with Crippen molar-refractivity contribution in [3.05, 3.63) is 11.1 Å². The van der Waals surface area contributed by atoms with Gasteiger partial charge in [-0.05, 0) is 44.8 Å². The maximum Gasteiger partial charge on any atom is 0.410 e. The highest BCUT2D eigenvalue weighted by atomic mass is 16.6. The zero-order valence-corrected chi connectivity index (χ0v) is 13.5. The van der Waals surface area contributed by atoms with Crippen molar-refractivity contribution in [1.29, 1.82) is 0 Å². The second kappa shape index (κ2) is 7.11. The van der Waals surface area contributed by atoms with Crippen LogP contribution in [0.1, 0.15) is 60.3 Å². The summed E-state index contributed by atoms with van der Waals surface area (Å²) in [6.07, 6.45) is 3.02. The fraction of sp³-hybridized carbons (Fsp3) is 0.812. The first-order valence-electron chi connectivity index (χ1n) is 7.65. The molecule has 0 aliphatic carbocycles. The third kappa shape index (κ3) is 4.82. The van der Waals surface area contributed by atoms with Gasteiger partial charge in [-0.2, -0.15) is 0 Å². The Balaban J connectivity index is 2.84. The number of amides is 1. The van der Waals surface area contributed by atoms with E-state index in [1.807, 2.05) is 20.8 Å². The standard InChI is InChI=1S/C16H29NO3/c1-6-8-12-10-17(15(19)20-16(3,4)5)11-14(18)13(12)9-7-2/h14,18H,6-11H2,1-5H3. The molecule has 0 aromatic heterocycles. The highest BCUT2D eigenvalue weighted by molar-refractivity contribution is 5.69. The number of carbonyl (C=O) groups excluding carboxylic acids is 1. The maximum atomic E-state index is 12.1. The van der Waals surface area contributed by atoms with Crippen molar-refractivity contribution in [1.82, 2.24) is 4.90 Å². The Hall–Kier alpha value is -1.03. The highest BCUT2D eigenvalue weighted by Gasteiger charge is 2.30. The lowest BCUT2D eigenvalue weighted by Gasteiger charge is -2.35. The molecule has 116 valence electrons. The molecule has 0 saturated carbocycles. The smallest absolute Gasteiger partial charge is 0.410 e. The quantitative estimate of drug-likeness (QED) is 0.803. The zero-order valence-electron chi connectivity index (χ0n) is 13.5. The first-order chi connectivity index (χ1) is 9.28. The molecule has 1 aliphatic heterocycles. The Kier molecular flexibility index (Phi) is 6.06. The van der Waals surface area contributed by atoms with E-state index in [9.17, 15) is 9.90 Å². The van der Waals surface area contributed by atoms with Crippen molar-refractivity contribution in [2.75, 3.05) is 13.1 Å². The van der Waals surface area contributed by atoms with Gasteiger partial charge in [0.15, 0.2) is 0 Å². The van der Waals surface area contributed by atoms with Crippen LogP contribution >= 0.6 is 0 Å². The maximum absolute atomic E-state index is 12.1. The van der Waals surface area contributed by atoms with Gasteiger partial charge in [0, 0.05) is 6.54 Å². The number of carbonyl (C=O) groups is 1. The lowest BCUT2D eigenvalue weighted by molar-refractivity contribution is 0.0162. The minimum atomic E-state index is -0.544. The van der Waals surface area contributed by atoms with Crippen molar-refractivity contribution in [2.45, 2.75) is 72.0 Å². The van der Waals surface area contributed by atoms with E-state index in [4.69, 9.17) is 4.74 Å². The van der Waals surface area contributed by atoms with E-state index < -0.39 is 11.7 Å². The molecule has 0 bridgehead atoms. The number of rotatable bonds is 4. The molecular weight excluding hydrogens is 254 g/mol. The third-order valence-corrected chi connectivity index (χ3v) is 3.35. The van der Waals surface area contributed by atoms with E-state index in [-0.39, 0.29) is 6.09 Å². The summed E-state index contributed by atoms with van der Waals surface area (Å²) in [4.78, 5) is 13.8. The fourth-order valence-electron chi connectivity index (χ4n) is 2.57. The van der Waals surface area contributed by atoms with Gasteiger partial charge in [0.1, 0.15) is 5.60 Å². The number of hydrogen-bond donors (Lipinski definition) is 1. The van der Waals surface area contributed by atoms with Crippen LogP contribution in [0.15, 0.2) is 11.1 Å². The number of aliphatic hydroxyl groups is 1. The molecule has 1 amide bonds. The molecular formula is C16H29NO3. The van der Waals surface area contributed by atoms with Gasteiger partial charge in [-0.25, -0.2) is 4.79 Å². The Morgan fingerprint density at radius 1 is 1.30 bits per heavy atom. The summed E-state index contributed by atoms with van der Waals surface area (Å²) >= 11 is 0. The second-order valence-electron chi connectivity index (χ2n) is 6.51. The zero-order chi connectivity index (χ0) is 15.3. The summed E-state index contributed by atoms with van der Waals surface area (Å²) in [6.45, 7) is 10.7. The van der Waals surface area contributed by atoms with Gasteiger partial charge in [0.05, 0.1) is 12.6 Å². The molecule has 0 spiro atoms. The fourth-order valence-corrected chi connectivity index (χ4v) is 2.57. The molecule has 0 aromatic rings. The number of β-amino-alcohol motifs (C(OH)–C–C–N with tert-alkyl or cyclic N) is 1. The van der Waals surface area contributed by atoms with Crippen LogP contribution in [0.25, 0.3) is 0 Å². The van der Waals surface area contributed by atoms with Crippen molar-refractivity contribution in [2.24, 2.45) is 0 Å². The summed E-state index contributed by atoms with van der Waals surface area (Å²) in [6, 6.07) is 0. The number of nitrogens with zero attached hydrogens (tertiary/aromatic N) is 1. The third-order valence-electron chi connectivity index (χ3n) is 3.35. The second-order valence-corrected chi connectivity index (χ2v) is 6.51. The summed E-state index contributed by atoms with van der Waals surface area (Å²) in [5.41, 5.74) is 1.84. The molecule has 0 fully saturated rings. The Morgan fingerprint density at radius 2 is 1.90 bits per heavy atom. The molecule has 0 aromatic carbocycles. The van der Waals surface area contributed by atoms with E-state index >= 15 is 0 Å². The van der Waals surface area contributed by atoms with Crippen molar-refractivity contribution < 1.29 is 14.6 Å². The van der Waals surface area contributed by atoms with Crippen LogP contribution in [0.3, 0.4) is 0 Å². The monoisotopic (exact) mass is 283 g/mol. The van der Waals surface area contributed by atoms with Crippen LogP contribution in [-0.2, 0) is 4.74 Å². The minimum absolute atomic E-state index is 0.333. The normalized spacial score (nSPS) is 20.3. The van der Waals surface area contributed by atoms with E-state index in [1.165, 1.54) is 5.57 Å². The molecule has 0 saturated heterocycles. The first-order valence-corrected chi connectivity index (χ1v) is 7.65. The number of aliphatic hydroxyl groups excluding tert-OH is 1. The van der Waals surface area contributed by atoms with Gasteiger partial charge in [0.2, 0.25) is 0 Å². The Morgan fingerprint density at radius 3 is 2.40 bits per heavy atom.